The molecule has 4 nitrogen and oxygen atoms in total. The first-order valence-corrected chi connectivity index (χ1v) is 9.99. The molecule has 2 aliphatic rings. The molecule has 0 saturated heterocycles. The van der Waals surface area contributed by atoms with Gasteiger partial charge in [-0.2, -0.15) is 34.2 Å². The van der Waals surface area contributed by atoms with Gasteiger partial charge in [-0.15, -0.1) is 0 Å². The summed E-state index contributed by atoms with van der Waals surface area (Å²) in [6.45, 7) is 0. The number of alkyl halides is 3. The number of hydrogen-bond donors (Lipinski definition) is 1. The molecule has 1 atom stereocenters. The highest BCUT2D eigenvalue weighted by Crippen LogP contribution is 2.45. The molecule has 0 radical (unpaired) electrons. The van der Waals surface area contributed by atoms with Gasteiger partial charge in [-0.25, -0.2) is 4.18 Å². The van der Waals surface area contributed by atoms with E-state index in [0.717, 1.165) is 19.3 Å². The summed E-state index contributed by atoms with van der Waals surface area (Å²) in [4.78, 5) is 12.3. The molecule has 2 rings (SSSR count). The van der Waals surface area contributed by atoms with E-state index >= 15 is 0 Å². The predicted molar refractivity (Wildman–Crippen MR) is 83.8 cm³/mol. The molecule has 2 saturated carbocycles. The van der Waals surface area contributed by atoms with Crippen molar-refractivity contribution in [3.63, 3.8) is 0 Å². The highest BCUT2D eigenvalue weighted by molar-refractivity contribution is 7.87. The number of rotatable bonds is 3. The molecule has 0 amide bonds. The number of thiol groups is 1. The van der Waals surface area contributed by atoms with Crippen LogP contribution in [-0.4, -0.2) is 31.6 Å². The second-order valence-electron chi connectivity index (χ2n) is 5.84. The number of carbonyl (C=O) groups is 1. The first-order valence-electron chi connectivity index (χ1n) is 7.69. The summed E-state index contributed by atoms with van der Waals surface area (Å²) < 4.78 is 65.3. The van der Waals surface area contributed by atoms with E-state index in [9.17, 15) is 26.4 Å². The van der Waals surface area contributed by atoms with Gasteiger partial charge in [0.2, 0.25) is 0 Å². The molecule has 0 N–H and O–H groups in total. The zero-order valence-corrected chi connectivity index (χ0v) is 14.8. The molecule has 0 heterocycles. The second kappa shape index (κ2) is 8.20. The van der Waals surface area contributed by atoms with Gasteiger partial charge in [-0.3, -0.25) is 4.79 Å². The summed E-state index contributed by atoms with van der Waals surface area (Å²) in [5, 5.41) is 0. The molecule has 0 aromatic heterocycles. The van der Waals surface area contributed by atoms with Gasteiger partial charge in [-0.05, 0) is 44.3 Å². The molecule has 9 heteroatoms. The molecule has 2 fully saturated rings. The fourth-order valence-corrected chi connectivity index (χ4v) is 4.22. The Kier molecular flexibility index (Phi) is 7.40. The van der Waals surface area contributed by atoms with Crippen LogP contribution in [0.25, 0.3) is 0 Å². The summed E-state index contributed by atoms with van der Waals surface area (Å²) in [6, 6.07) is 0. The maximum atomic E-state index is 12.6. The van der Waals surface area contributed by atoms with Crippen molar-refractivity contribution in [2.45, 2.75) is 68.9 Å². The Labute approximate surface area is 140 Å². The van der Waals surface area contributed by atoms with E-state index in [2.05, 4.69) is 16.8 Å². The van der Waals surface area contributed by atoms with E-state index < -0.39 is 32.9 Å². The Balaban J connectivity index is 0.00000127. The van der Waals surface area contributed by atoms with Crippen LogP contribution in [0.5, 0.6) is 0 Å². The molecule has 2 aliphatic carbocycles. The maximum absolute atomic E-state index is 12.6. The average molecular weight is 376 g/mol. The largest absolute Gasteiger partial charge is 0.523 e. The lowest BCUT2D eigenvalue weighted by Crippen LogP contribution is -2.53. The van der Waals surface area contributed by atoms with Gasteiger partial charge < -0.3 is 0 Å². The highest BCUT2D eigenvalue weighted by atomic mass is 32.2. The van der Waals surface area contributed by atoms with Crippen molar-refractivity contribution in [3.8, 4) is 0 Å². The third-order valence-corrected chi connectivity index (χ3v) is 5.56. The lowest BCUT2D eigenvalue weighted by atomic mass is 9.69. The predicted octanol–water partition coefficient (Wildman–Crippen LogP) is 3.86. The first kappa shape index (κ1) is 20.8. The molecule has 136 valence electrons. The second-order valence-corrected chi connectivity index (χ2v) is 7.38. The Morgan fingerprint density at radius 1 is 1.09 bits per heavy atom. The van der Waals surface area contributed by atoms with E-state index in [1.807, 2.05) is 0 Å². The van der Waals surface area contributed by atoms with E-state index in [1.54, 1.807) is 6.26 Å². The minimum absolute atomic E-state index is 0.0613. The standard InChI is InChI=1S/C13H19F3O4S.CH4S/c14-13(15,16)21(18,19)20-12(9-5-4-8-11(12)17)10-6-2-1-3-7-10;1-2/h10H,1-9H2;2H,1H3. The Bertz CT molecular complexity index is 499. The van der Waals surface area contributed by atoms with Crippen molar-refractivity contribution < 1.29 is 30.6 Å². The lowest BCUT2D eigenvalue weighted by Gasteiger charge is -2.42. The van der Waals surface area contributed by atoms with Gasteiger partial charge in [0, 0.05) is 6.42 Å². The minimum atomic E-state index is -5.76. The van der Waals surface area contributed by atoms with Crippen LogP contribution in [0, 0.1) is 5.92 Å². The number of halogens is 3. The van der Waals surface area contributed by atoms with Gasteiger partial charge >= 0.3 is 15.6 Å². The Morgan fingerprint density at radius 2 is 1.65 bits per heavy atom. The number of ketones is 1. The van der Waals surface area contributed by atoms with Crippen LogP contribution in [-0.2, 0) is 19.1 Å². The molecular weight excluding hydrogens is 353 g/mol. The van der Waals surface area contributed by atoms with Crippen LogP contribution in [0.1, 0.15) is 57.8 Å². The van der Waals surface area contributed by atoms with Crippen molar-refractivity contribution in [2.75, 3.05) is 6.26 Å². The molecular formula is C14H23F3O4S2. The zero-order valence-electron chi connectivity index (χ0n) is 13.1. The monoisotopic (exact) mass is 376 g/mol. The summed E-state index contributed by atoms with van der Waals surface area (Å²) in [5.41, 5.74) is -7.29. The molecule has 0 bridgehead atoms. The lowest BCUT2D eigenvalue weighted by molar-refractivity contribution is -0.147. The quantitative estimate of drug-likeness (QED) is 0.462. The summed E-state index contributed by atoms with van der Waals surface area (Å²) in [7, 11) is -5.76. The maximum Gasteiger partial charge on any atom is 0.523 e. The molecule has 0 aromatic carbocycles. The van der Waals surface area contributed by atoms with Gasteiger partial charge in [0.05, 0.1) is 0 Å². The van der Waals surface area contributed by atoms with E-state index in [-0.39, 0.29) is 12.8 Å². The topological polar surface area (TPSA) is 60.4 Å². The Morgan fingerprint density at radius 3 is 2.13 bits per heavy atom. The molecule has 23 heavy (non-hydrogen) atoms. The van der Waals surface area contributed by atoms with Crippen molar-refractivity contribution in [1.29, 1.82) is 0 Å². The van der Waals surface area contributed by atoms with Gasteiger partial charge in [0.25, 0.3) is 0 Å². The molecule has 0 aliphatic heterocycles. The smallest absolute Gasteiger partial charge is 0.296 e. The number of Topliss-reactive ketones (excluding diaryl/α,β-unsaturated/α-hetero) is 1. The van der Waals surface area contributed by atoms with Crippen molar-refractivity contribution >= 4 is 28.5 Å². The molecule has 0 spiro atoms. The molecule has 0 aromatic rings. The fourth-order valence-electron chi connectivity index (χ4n) is 3.42. The van der Waals surface area contributed by atoms with Crippen LogP contribution in [0.4, 0.5) is 13.2 Å². The fraction of sp³-hybridized carbons (Fsp3) is 0.929. The van der Waals surface area contributed by atoms with E-state index in [0.29, 0.717) is 25.7 Å². The minimum Gasteiger partial charge on any atom is -0.296 e. The van der Waals surface area contributed by atoms with Crippen molar-refractivity contribution in [1.82, 2.24) is 0 Å². The molecule has 1 unspecified atom stereocenters. The Hall–Kier alpha value is -0.280. The van der Waals surface area contributed by atoms with E-state index in [1.165, 1.54) is 0 Å². The zero-order chi connectivity index (χ0) is 17.7. The number of carbonyl (C=O) groups excluding carboxylic acids is 1. The van der Waals surface area contributed by atoms with Gasteiger partial charge in [0.1, 0.15) is 5.60 Å². The van der Waals surface area contributed by atoms with Crippen LogP contribution in [0.15, 0.2) is 0 Å². The first-order chi connectivity index (χ1) is 10.7. The van der Waals surface area contributed by atoms with Crippen LogP contribution < -0.4 is 0 Å². The normalized spacial score (nSPS) is 27.3. The third kappa shape index (κ3) is 4.63. The average Bonchev–Trinajstić information content (AvgIpc) is 2.51. The van der Waals surface area contributed by atoms with Crippen LogP contribution in [0.2, 0.25) is 0 Å². The van der Waals surface area contributed by atoms with Crippen molar-refractivity contribution in [3.05, 3.63) is 0 Å². The SMILES string of the molecule is CS.O=C1CCCCC1(OS(=O)(=O)C(F)(F)F)C1CCCCC1. The van der Waals surface area contributed by atoms with Crippen LogP contribution in [0.3, 0.4) is 0 Å². The number of hydrogen-bond acceptors (Lipinski definition) is 5. The third-order valence-electron chi connectivity index (χ3n) is 4.48. The summed E-state index contributed by atoms with van der Waals surface area (Å²) in [6.07, 6.45) is 6.53. The summed E-state index contributed by atoms with van der Waals surface area (Å²) >= 11 is 3.53. The van der Waals surface area contributed by atoms with Crippen LogP contribution >= 0.6 is 12.6 Å². The van der Waals surface area contributed by atoms with E-state index in [4.69, 9.17) is 0 Å². The van der Waals surface area contributed by atoms with Crippen molar-refractivity contribution in [2.24, 2.45) is 5.92 Å². The van der Waals surface area contributed by atoms with Gasteiger partial charge in [0.15, 0.2) is 5.78 Å². The van der Waals surface area contributed by atoms with Gasteiger partial charge in [-0.1, -0.05) is 19.3 Å². The summed E-state index contributed by atoms with van der Waals surface area (Å²) in [5.74, 6) is -0.926. The highest BCUT2D eigenvalue weighted by Gasteiger charge is 2.57.